The molecule has 0 saturated heterocycles. The lowest BCUT2D eigenvalue weighted by Gasteiger charge is -2.14. The smallest absolute Gasteiger partial charge is 0.142 e. The second-order valence-electron chi connectivity index (χ2n) is 4.93. The van der Waals surface area contributed by atoms with Crippen LogP contribution in [0.4, 0.5) is 5.69 Å². The third-order valence-corrected chi connectivity index (χ3v) is 3.26. The van der Waals surface area contributed by atoms with Crippen LogP contribution in [0.25, 0.3) is 0 Å². The zero-order valence-corrected chi connectivity index (χ0v) is 13.0. The van der Waals surface area contributed by atoms with Gasteiger partial charge in [0.1, 0.15) is 18.1 Å². The van der Waals surface area contributed by atoms with Crippen molar-refractivity contribution in [3.05, 3.63) is 53.6 Å². The van der Waals surface area contributed by atoms with Gasteiger partial charge in [0, 0.05) is 6.54 Å². The highest BCUT2D eigenvalue weighted by Gasteiger charge is 2.04. The Hall–Kier alpha value is -2.16. The third kappa shape index (κ3) is 4.15. The molecule has 0 aliphatic heterocycles. The molecule has 0 unspecified atom stereocenters. The molecule has 0 atom stereocenters. The Kier molecular flexibility index (Phi) is 5.50. The molecule has 0 aromatic heterocycles. The van der Waals surface area contributed by atoms with Crippen LogP contribution in [0.3, 0.4) is 0 Å². The number of hydrogen-bond donors (Lipinski definition) is 1. The lowest BCUT2D eigenvalue weighted by molar-refractivity contribution is 0.326. The standard InChI is InChI=1S/C18H23NO2/c1-4-20-17-11-6-5-10-16(17)19-12-13-21-18-14(2)8-7-9-15(18)3/h5-11,19H,4,12-13H2,1-3H3. The Labute approximate surface area is 126 Å². The van der Waals surface area contributed by atoms with E-state index in [1.165, 1.54) is 11.1 Å². The fourth-order valence-electron chi connectivity index (χ4n) is 2.26. The molecular weight excluding hydrogens is 262 g/mol. The Morgan fingerprint density at radius 3 is 2.33 bits per heavy atom. The minimum atomic E-state index is 0.617. The van der Waals surface area contributed by atoms with Gasteiger partial charge in [-0.05, 0) is 44.0 Å². The quantitative estimate of drug-likeness (QED) is 0.774. The summed E-state index contributed by atoms with van der Waals surface area (Å²) in [6.07, 6.45) is 0. The van der Waals surface area contributed by atoms with E-state index < -0.39 is 0 Å². The van der Waals surface area contributed by atoms with E-state index in [0.717, 1.165) is 23.7 Å². The number of para-hydroxylation sites is 3. The van der Waals surface area contributed by atoms with Gasteiger partial charge in [-0.3, -0.25) is 0 Å². The molecule has 0 spiro atoms. The average molecular weight is 285 g/mol. The summed E-state index contributed by atoms with van der Waals surface area (Å²) in [5, 5.41) is 3.36. The van der Waals surface area contributed by atoms with Crippen LogP contribution in [-0.2, 0) is 0 Å². The first-order valence-corrected chi connectivity index (χ1v) is 7.37. The first-order valence-electron chi connectivity index (χ1n) is 7.37. The molecule has 0 aliphatic rings. The van der Waals surface area contributed by atoms with Gasteiger partial charge in [-0.15, -0.1) is 0 Å². The second kappa shape index (κ2) is 7.58. The molecule has 3 nitrogen and oxygen atoms in total. The van der Waals surface area contributed by atoms with Crippen LogP contribution >= 0.6 is 0 Å². The minimum absolute atomic E-state index is 0.617. The SMILES string of the molecule is CCOc1ccccc1NCCOc1c(C)cccc1C. The van der Waals surface area contributed by atoms with E-state index in [1.807, 2.05) is 37.3 Å². The average Bonchev–Trinajstić information content (AvgIpc) is 2.48. The Balaban J connectivity index is 1.88. The van der Waals surface area contributed by atoms with Crippen LogP contribution in [0.2, 0.25) is 0 Å². The molecule has 0 saturated carbocycles. The summed E-state index contributed by atoms with van der Waals surface area (Å²) in [4.78, 5) is 0. The predicted octanol–water partition coefficient (Wildman–Crippen LogP) is 4.19. The van der Waals surface area contributed by atoms with Crippen molar-refractivity contribution in [2.24, 2.45) is 0 Å². The van der Waals surface area contributed by atoms with Crippen molar-refractivity contribution >= 4 is 5.69 Å². The topological polar surface area (TPSA) is 30.5 Å². The highest BCUT2D eigenvalue weighted by Crippen LogP contribution is 2.24. The van der Waals surface area contributed by atoms with E-state index in [0.29, 0.717) is 13.2 Å². The molecule has 2 rings (SSSR count). The summed E-state index contributed by atoms with van der Waals surface area (Å²) in [6, 6.07) is 14.1. The first-order chi connectivity index (χ1) is 10.2. The zero-order chi connectivity index (χ0) is 15.1. The van der Waals surface area contributed by atoms with Crippen molar-refractivity contribution in [1.82, 2.24) is 0 Å². The van der Waals surface area contributed by atoms with Gasteiger partial charge in [0.2, 0.25) is 0 Å². The van der Waals surface area contributed by atoms with Crippen LogP contribution in [0, 0.1) is 13.8 Å². The zero-order valence-electron chi connectivity index (χ0n) is 13.0. The van der Waals surface area contributed by atoms with E-state index in [4.69, 9.17) is 9.47 Å². The molecule has 112 valence electrons. The maximum atomic E-state index is 5.89. The van der Waals surface area contributed by atoms with Crippen molar-refractivity contribution in [3.63, 3.8) is 0 Å². The highest BCUT2D eigenvalue weighted by molar-refractivity contribution is 5.56. The largest absolute Gasteiger partial charge is 0.492 e. The minimum Gasteiger partial charge on any atom is -0.492 e. The summed E-state index contributed by atoms with van der Waals surface area (Å²) < 4.78 is 11.5. The van der Waals surface area contributed by atoms with E-state index in [-0.39, 0.29) is 0 Å². The van der Waals surface area contributed by atoms with Gasteiger partial charge in [-0.1, -0.05) is 30.3 Å². The van der Waals surface area contributed by atoms with Crippen molar-refractivity contribution < 1.29 is 9.47 Å². The van der Waals surface area contributed by atoms with Crippen molar-refractivity contribution in [3.8, 4) is 11.5 Å². The van der Waals surface area contributed by atoms with Crippen molar-refractivity contribution in [2.45, 2.75) is 20.8 Å². The molecule has 3 heteroatoms. The van der Waals surface area contributed by atoms with Gasteiger partial charge < -0.3 is 14.8 Å². The summed E-state index contributed by atoms with van der Waals surface area (Å²) >= 11 is 0. The first kappa shape index (κ1) is 15.2. The summed E-state index contributed by atoms with van der Waals surface area (Å²) in [6.45, 7) is 8.14. The Morgan fingerprint density at radius 2 is 1.62 bits per heavy atom. The molecule has 0 radical (unpaired) electrons. The van der Waals surface area contributed by atoms with Gasteiger partial charge in [-0.2, -0.15) is 0 Å². The molecule has 0 bridgehead atoms. The summed E-state index contributed by atoms with van der Waals surface area (Å²) in [5.41, 5.74) is 3.35. The highest BCUT2D eigenvalue weighted by atomic mass is 16.5. The number of ether oxygens (including phenoxy) is 2. The molecule has 2 aromatic carbocycles. The van der Waals surface area contributed by atoms with Crippen LogP contribution < -0.4 is 14.8 Å². The molecule has 0 fully saturated rings. The maximum Gasteiger partial charge on any atom is 0.142 e. The van der Waals surface area contributed by atoms with Crippen LogP contribution in [0.1, 0.15) is 18.1 Å². The summed E-state index contributed by atoms with van der Waals surface area (Å²) in [7, 11) is 0. The van der Waals surface area contributed by atoms with Gasteiger partial charge in [0.05, 0.1) is 12.3 Å². The number of benzene rings is 2. The third-order valence-electron chi connectivity index (χ3n) is 3.26. The fourth-order valence-corrected chi connectivity index (χ4v) is 2.26. The Bertz CT molecular complexity index is 561. The van der Waals surface area contributed by atoms with Crippen LogP contribution in [0.5, 0.6) is 11.5 Å². The van der Waals surface area contributed by atoms with E-state index >= 15 is 0 Å². The molecule has 0 amide bonds. The fraction of sp³-hybridized carbons (Fsp3) is 0.333. The molecule has 2 aromatic rings. The van der Waals surface area contributed by atoms with E-state index in [1.54, 1.807) is 0 Å². The monoisotopic (exact) mass is 285 g/mol. The van der Waals surface area contributed by atoms with E-state index in [2.05, 4.69) is 31.3 Å². The Morgan fingerprint density at radius 1 is 0.905 bits per heavy atom. The summed E-state index contributed by atoms with van der Waals surface area (Å²) in [5.74, 6) is 1.87. The number of nitrogens with one attached hydrogen (secondary N) is 1. The van der Waals surface area contributed by atoms with E-state index in [9.17, 15) is 0 Å². The normalized spacial score (nSPS) is 10.2. The lowest BCUT2D eigenvalue weighted by Crippen LogP contribution is -2.13. The molecule has 0 aliphatic carbocycles. The molecular formula is C18H23NO2. The van der Waals surface area contributed by atoms with Gasteiger partial charge in [0.15, 0.2) is 0 Å². The van der Waals surface area contributed by atoms with Gasteiger partial charge >= 0.3 is 0 Å². The van der Waals surface area contributed by atoms with Crippen LogP contribution in [-0.4, -0.2) is 19.8 Å². The molecule has 0 heterocycles. The predicted molar refractivity (Wildman–Crippen MR) is 87.5 cm³/mol. The maximum absolute atomic E-state index is 5.89. The van der Waals surface area contributed by atoms with Gasteiger partial charge in [0.25, 0.3) is 0 Å². The molecule has 21 heavy (non-hydrogen) atoms. The second-order valence-corrected chi connectivity index (χ2v) is 4.93. The van der Waals surface area contributed by atoms with Crippen LogP contribution in [0.15, 0.2) is 42.5 Å². The number of hydrogen-bond acceptors (Lipinski definition) is 3. The van der Waals surface area contributed by atoms with Crippen molar-refractivity contribution in [1.29, 1.82) is 0 Å². The molecule has 1 N–H and O–H groups in total. The van der Waals surface area contributed by atoms with Crippen molar-refractivity contribution in [2.75, 3.05) is 25.1 Å². The number of aryl methyl sites for hydroxylation is 2. The number of rotatable bonds is 7. The number of anilines is 1. The van der Waals surface area contributed by atoms with Gasteiger partial charge in [-0.25, -0.2) is 0 Å². The lowest BCUT2D eigenvalue weighted by atomic mass is 10.1.